The summed E-state index contributed by atoms with van der Waals surface area (Å²) in [4.78, 5) is 86.5. The molecule has 0 aromatic carbocycles. The molecule has 0 rings (SSSR count). The Bertz CT molecular complexity index is 1160. The number of hydrogen-bond donors (Lipinski definition) is 6. The first-order valence-electron chi connectivity index (χ1n) is 21.7. The van der Waals surface area contributed by atoms with Crippen LogP contribution in [0.25, 0.3) is 0 Å². The molecule has 0 heterocycles. The topological polar surface area (TPSA) is 253 Å². The first-order chi connectivity index (χ1) is 28.5. The molecule has 342 valence electrons. The maximum atomic E-state index is 12.4. The summed E-state index contributed by atoms with van der Waals surface area (Å²) >= 11 is 0. The lowest BCUT2D eigenvalue weighted by atomic mass is 9.94. The lowest BCUT2D eigenvalue weighted by molar-refractivity contribution is -0.145. The average Bonchev–Trinajstić information content (AvgIpc) is 3.19. The van der Waals surface area contributed by atoms with Gasteiger partial charge in [-0.1, -0.05) is 77.0 Å². The summed E-state index contributed by atoms with van der Waals surface area (Å²) in [6.45, 7) is 1.07. The second kappa shape index (κ2) is 39.9. The number of unbranched alkanes of at least 4 members (excludes halogenated alkanes) is 14. The van der Waals surface area contributed by atoms with Crippen LogP contribution in [-0.2, 0) is 52.6 Å². The molecule has 0 radical (unpaired) electrons. The third-order valence-electron chi connectivity index (χ3n) is 9.66. The van der Waals surface area contributed by atoms with E-state index in [1.807, 2.05) is 0 Å². The number of ether oxygens (including phenoxy) is 3. The largest absolute Gasteiger partial charge is 0.481 e. The number of carboxylic acid groups (broad SMARTS) is 3. The highest BCUT2D eigenvalue weighted by atomic mass is 16.7. The van der Waals surface area contributed by atoms with Crippen molar-refractivity contribution in [2.24, 2.45) is 5.92 Å². The van der Waals surface area contributed by atoms with Crippen LogP contribution in [0.4, 0.5) is 0 Å². The van der Waals surface area contributed by atoms with E-state index < -0.39 is 35.8 Å². The van der Waals surface area contributed by atoms with E-state index in [4.69, 9.17) is 29.3 Å². The number of amides is 2. The summed E-state index contributed by atoms with van der Waals surface area (Å²) in [5.74, 6) is -4.67. The first-order valence-corrected chi connectivity index (χ1v) is 21.7. The van der Waals surface area contributed by atoms with Crippen molar-refractivity contribution in [2.45, 2.75) is 160 Å². The van der Waals surface area contributed by atoms with Crippen LogP contribution in [0.15, 0.2) is 0 Å². The number of aliphatic carboxylic acids is 3. The summed E-state index contributed by atoms with van der Waals surface area (Å²) in [5, 5.41) is 32.6. The lowest BCUT2D eigenvalue weighted by Crippen LogP contribution is -2.34. The summed E-state index contributed by atoms with van der Waals surface area (Å²) in [5.41, 5.74) is 2.23. The van der Waals surface area contributed by atoms with Gasteiger partial charge in [0, 0.05) is 45.3 Å². The Morgan fingerprint density at radius 1 is 0.492 bits per heavy atom. The fourth-order valence-corrected chi connectivity index (χ4v) is 6.16. The quantitative estimate of drug-likeness (QED) is 0.0342. The molecule has 0 unspecified atom stereocenters. The number of hydroxylamine groups is 1. The fourth-order valence-electron chi connectivity index (χ4n) is 6.16. The van der Waals surface area contributed by atoms with Crippen LogP contribution in [0, 0.1) is 5.92 Å². The number of nitrogens with one attached hydrogen (secondary N) is 3. The van der Waals surface area contributed by atoms with Crippen LogP contribution in [0.2, 0.25) is 0 Å². The molecule has 2 amide bonds. The second-order valence-electron chi connectivity index (χ2n) is 14.9. The molecule has 0 fully saturated rings. The molecule has 0 aliphatic rings. The molecule has 17 heteroatoms. The summed E-state index contributed by atoms with van der Waals surface area (Å²) in [6, 6.07) is -0.595. The Labute approximate surface area is 350 Å². The van der Waals surface area contributed by atoms with Crippen molar-refractivity contribution in [3.05, 3.63) is 0 Å². The Morgan fingerprint density at radius 3 is 1.61 bits per heavy atom. The maximum Gasteiger partial charge on any atom is 0.320 e. The minimum Gasteiger partial charge on any atom is -0.481 e. The molecule has 0 saturated carbocycles. The first kappa shape index (κ1) is 55.5. The molecule has 0 aliphatic carbocycles. The SMILES string of the molecule is CN[C@@H](CCCCNC(=O)COCCOCCCC(=O)COCCONC(=O)CC[C@H](CC(=O)CCCCCCCCCCCCCCCCC(=O)O)C(=O)O)C(=O)O. The standard InChI is InChI=1S/C42H75N3O14/c1-43-37(42(54)55)21-16-17-25-44-39(49)33-58-28-27-56-26-18-20-36(47)32-57-29-30-59-45-38(48)24-23-34(41(52)53)31-35(46)19-14-12-10-8-6-4-2-3-5-7-9-11-13-15-22-40(50)51/h34,37,43H,2-33H2,1H3,(H,44,49)(H,45,48)(H,50,51)(H,52,53)(H,54,55)/t34-,37+/m1/s1. The van der Waals surface area contributed by atoms with E-state index in [1.165, 1.54) is 44.9 Å². The molecule has 0 aromatic rings. The van der Waals surface area contributed by atoms with Gasteiger partial charge in [-0.2, -0.15) is 0 Å². The minimum atomic E-state index is -1.11. The van der Waals surface area contributed by atoms with Crippen LogP contribution < -0.4 is 16.1 Å². The minimum absolute atomic E-state index is 0.00912. The van der Waals surface area contributed by atoms with Crippen LogP contribution in [0.3, 0.4) is 0 Å². The van der Waals surface area contributed by atoms with Crippen molar-refractivity contribution in [3.63, 3.8) is 0 Å². The summed E-state index contributed by atoms with van der Waals surface area (Å²) in [7, 11) is 1.60. The van der Waals surface area contributed by atoms with E-state index in [9.17, 15) is 38.7 Å². The van der Waals surface area contributed by atoms with Crippen LogP contribution >= 0.6 is 0 Å². The number of hydrogen-bond acceptors (Lipinski definition) is 12. The Hall–Kier alpha value is -3.51. The normalized spacial score (nSPS) is 12.2. The predicted octanol–water partition coefficient (Wildman–Crippen LogP) is 5.16. The number of carbonyl (C=O) groups is 7. The molecule has 2 atom stereocenters. The van der Waals surface area contributed by atoms with Gasteiger partial charge in [0.05, 0.1) is 32.3 Å². The van der Waals surface area contributed by atoms with Gasteiger partial charge in [0.2, 0.25) is 11.8 Å². The zero-order valence-corrected chi connectivity index (χ0v) is 35.6. The molecular weight excluding hydrogens is 770 g/mol. The summed E-state index contributed by atoms with van der Waals surface area (Å²) in [6.07, 6.45) is 18.1. The number of rotatable bonds is 45. The second-order valence-corrected chi connectivity index (χ2v) is 14.9. The van der Waals surface area contributed by atoms with Gasteiger partial charge in [0.15, 0.2) is 5.78 Å². The number of Topliss-reactive ketones (excluding diaryl/α,β-unsaturated/α-hetero) is 2. The van der Waals surface area contributed by atoms with Gasteiger partial charge in [-0.15, -0.1) is 0 Å². The van der Waals surface area contributed by atoms with Crippen molar-refractivity contribution < 1.29 is 67.9 Å². The third-order valence-corrected chi connectivity index (χ3v) is 9.66. The molecule has 59 heavy (non-hydrogen) atoms. The van der Waals surface area contributed by atoms with Gasteiger partial charge in [-0.25, -0.2) is 5.48 Å². The molecule has 0 spiro atoms. The van der Waals surface area contributed by atoms with Crippen LogP contribution in [0.1, 0.15) is 154 Å². The number of carboxylic acids is 3. The molecule has 0 saturated heterocycles. The third kappa shape index (κ3) is 38.4. The molecular formula is C42H75N3O14. The Morgan fingerprint density at radius 2 is 1.03 bits per heavy atom. The van der Waals surface area contributed by atoms with Gasteiger partial charge in [0.25, 0.3) is 0 Å². The Kier molecular flexibility index (Phi) is 37.5. The molecule has 0 aliphatic heterocycles. The fraction of sp³-hybridized carbons (Fsp3) is 0.833. The maximum absolute atomic E-state index is 12.4. The Balaban J connectivity index is 3.69. The van der Waals surface area contributed by atoms with Crippen molar-refractivity contribution in [3.8, 4) is 0 Å². The van der Waals surface area contributed by atoms with Crippen molar-refractivity contribution >= 4 is 41.3 Å². The van der Waals surface area contributed by atoms with Gasteiger partial charge >= 0.3 is 17.9 Å². The number of ketones is 2. The number of likely N-dealkylation sites (N-methyl/N-ethyl adjacent to an activating group) is 1. The highest BCUT2D eigenvalue weighted by Gasteiger charge is 2.22. The van der Waals surface area contributed by atoms with Crippen molar-refractivity contribution in [1.29, 1.82) is 0 Å². The zero-order valence-electron chi connectivity index (χ0n) is 35.6. The van der Waals surface area contributed by atoms with E-state index >= 15 is 0 Å². The highest BCUT2D eigenvalue weighted by molar-refractivity contribution is 5.84. The van der Waals surface area contributed by atoms with Gasteiger partial charge in [0.1, 0.15) is 25.0 Å². The monoisotopic (exact) mass is 846 g/mol. The van der Waals surface area contributed by atoms with Gasteiger partial charge in [-0.3, -0.25) is 38.4 Å². The summed E-state index contributed by atoms with van der Waals surface area (Å²) < 4.78 is 15.9. The van der Waals surface area contributed by atoms with Crippen molar-refractivity contribution in [1.82, 2.24) is 16.1 Å². The van der Waals surface area contributed by atoms with Gasteiger partial charge < -0.3 is 40.2 Å². The van der Waals surface area contributed by atoms with Crippen LogP contribution in [0.5, 0.6) is 0 Å². The van der Waals surface area contributed by atoms with E-state index in [0.29, 0.717) is 45.3 Å². The predicted molar refractivity (Wildman–Crippen MR) is 220 cm³/mol. The molecule has 0 bridgehead atoms. The molecule has 6 N–H and O–H groups in total. The molecule has 0 aromatic heterocycles. The smallest absolute Gasteiger partial charge is 0.320 e. The van der Waals surface area contributed by atoms with Crippen LogP contribution in [-0.4, -0.2) is 122 Å². The highest BCUT2D eigenvalue weighted by Crippen LogP contribution is 2.17. The van der Waals surface area contributed by atoms with E-state index in [2.05, 4.69) is 16.1 Å². The average molecular weight is 846 g/mol. The number of carbonyl (C=O) groups excluding carboxylic acids is 4. The van der Waals surface area contributed by atoms with E-state index in [-0.39, 0.29) is 89.2 Å². The molecule has 17 nitrogen and oxygen atoms in total. The van der Waals surface area contributed by atoms with Gasteiger partial charge in [-0.05, 0) is 52.0 Å². The van der Waals surface area contributed by atoms with E-state index in [0.717, 1.165) is 44.9 Å². The van der Waals surface area contributed by atoms with Crippen molar-refractivity contribution in [2.75, 3.05) is 59.8 Å². The zero-order chi connectivity index (χ0) is 43.8. The van der Waals surface area contributed by atoms with E-state index in [1.54, 1.807) is 7.05 Å². The lowest BCUT2D eigenvalue weighted by Gasteiger charge is -2.12.